The molecule has 0 saturated carbocycles. The molecule has 2 aliphatic rings. The van der Waals surface area contributed by atoms with Crippen LogP contribution >= 0.6 is 0 Å². The van der Waals surface area contributed by atoms with Gasteiger partial charge in [0.15, 0.2) is 0 Å². The predicted octanol–water partition coefficient (Wildman–Crippen LogP) is 4.94. The Morgan fingerprint density at radius 1 is 1.12 bits per heavy atom. The molecule has 7 nitrogen and oxygen atoms in total. The Hall–Kier alpha value is -3.24. The third kappa shape index (κ3) is 4.30. The second-order valence-corrected chi connectivity index (χ2v) is 8.20. The number of alkyl halides is 3. The molecule has 0 amide bonds. The van der Waals surface area contributed by atoms with Gasteiger partial charge in [0.1, 0.15) is 29.6 Å². The second-order valence-electron chi connectivity index (χ2n) is 8.20. The van der Waals surface area contributed by atoms with Crippen LogP contribution in [0.1, 0.15) is 24.2 Å². The number of nitrogens with zero attached hydrogens (tertiary/aromatic N) is 1. The molecule has 0 N–H and O–H groups in total. The van der Waals surface area contributed by atoms with E-state index in [9.17, 15) is 18.0 Å². The van der Waals surface area contributed by atoms with Crippen LogP contribution in [0.15, 0.2) is 45.6 Å². The molecule has 1 fully saturated rings. The topological polar surface area (TPSA) is 70.4 Å². The van der Waals surface area contributed by atoms with E-state index in [-0.39, 0.29) is 36.1 Å². The molecule has 3 aromatic rings. The van der Waals surface area contributed by atoms with Crippen LogP contribution in [0.4, 0.5) is 13.2 Å². The predicted molar refractivity (Wildman–Crippen MR) is 115 cm³/mol. The number of hydrogen-bond acceptors (Lipinski definition) is 7. The Kier molecular flexibility index (Phi) is 5.86. The fourth-order valence-electron chi connectivity index (χ4n) is 4.23. The molecule has 0 radical (unpaired) electrons. The number of benzene rings is 2. The number of rotatable bonds is 5. The molecule has 10 heteroatoms. The van der Waals surface area contributed by atoms with Crippen molar-refractivity contribution < 1.29 is 36.5 Å². The third-order valence-corrected chi connectivity index (χ3v) is 5.89. The van der Waals surface area contributed by atoms with Gasteiger partial charge in [-0.3, -0.25) is 9.69 Å². The summed E-state index contributed by atoms with van der Waals surface area (Å²) in [4.78, 5) is 15.1. The minimum absolute atomic E-state index is 0.0159. The monoisotopic (exact) mass is 477 g/mol. The van der Waals surface area contributed by atoms with Crippen LogP contribution in [0.2, 0.25) is 0 Å². The first kappa shape index (κ1) is 22.5. The molecule has 1 saturated heterocycles. The molecule has 0 unspecified atom stereocenters. The van der Waals surface area contributed by atoms with Gasteiger partial charge in [0, 0.05) is 19.7 Å². The number of halogens is 3. The highest BCUT2D eigenvalue weighted by atomic mass is 19.4. The highest BCUT2D eigenvalue weighted by Gasteiger charge is 2.41. The molecule has 180 valence electrons. The van der Waals surface area contributed by atoms with E-state index < -0.39 is 23.1 Å². The highest BCUT2D eigenvalue weighted by molar-refractivity contribution is 5.83. The summed E-state index contributed by atoms with van der Waals surface area (Å²) < 4.78 is 69.1. The van der Waals surface area contributed by atoms with Crippen molar-refractivity contribution in [2.75, 3.05) is 27.0 Å². The van der Waals surface area contributed by atoms with Gasteiger partial charge in [-0.05, 0) is 49.2 Å². The zero-order valence-corrected chi connectivity index (χ0v) is 18.3. The second kappa shape index (κ2) is 8.84. The van der Waals surface area contributed by atoms with Crippen molar-refractivity contribution in [1.29, 1.82) is 0 Å². The summed E-state index contributed by atoms with van der Waals surface area (Å²) in [6.07, 6.45) is -3.02. The van der Waals surface area contributed by atoms with E-state index >= 15 is 0 Å². The number of fused-ring (bicyclic) bond motifs is 3. The summed E-state index contributed by atoms with van der Waals surface area (Å²) in [5.74, 6) is -1.49. The maximum Gasteiger partial charge on any atom is 0.453 e. The summed E-state index contributed by atoms with van der Waals surface area (Å²) in [5.41, 5.74) is -0.683. The SMILES string of the molecule is COc1ccc(Oc2c(C(F)(F)F)oc3c4c(ccc3c2=O)OCN(C[C@H]2CCCO2)C4)cc1. The van der Waals surface area contributed by atoms with Gasteiger partial charge in [0.2, 0.25) is 11.2 Å². The maximum absolute atomic E-state index is 14.0. The van der Waals surface area contributed by atoms with Gasteiger partial charge in [-0.25, -0.2) is 0 Å². The van der Waals surface area contributed by atoms with Crippen molar-refractivity contribution in [2.24, 2.45) is 0 Å². The van der Waals surface area contributed by atoms with Crippen molar-refractivity contribution in [3.05, 3.63) is 57.9 Å². The van der Waals surface area contributed by atoms with Gasteiger partial charge >= 0.3 is 6.18 Å². The van der Waals surface area contributed by atoms with Gasteiger partial charge in [0.05, 0.1) is 24.2 Å². The molecule has 5 rings (SSSR count). The molecule has 0 spiro atoms. The van der Waals surface area contributed by atoms with Gasteiger partial charge in [-0.1, -0.05) is 0 Å². The van der Waals surface area contributed by atoms with Crippen molar-refractivity contribution in [1.82, 2.24) is 4.90 Å². The summed E-state index contributed by atoms with van der Waals surface area (Å²) in [5, 5.41) is -0.0159. The van der Waals surface area contributed by atoms with E-state index in [1.807, 2.05) is 4.90 Å². The molecule has 3 heterocycles. The zero-order chi connectivity index (χ0) is 23.9. The summed E-state index contributed by atoms with van der Waals surface area (Å²) in [7, 11) is 1.46. The molecule has 34 heavy (non-hydrogen) atoms. The van der Waals surface area contributed by atoms with E-state index in [1.54, 1.807) is 6.07 Å². The lowest BCUT2D eigenvalue weighted by atomic mass is 10.1. The lowest BCUT2D eigenvalue weighted by Gasteiger charge is -2.30. The van der Waals surface area contributed by atoms with Crippen molar-refractivity contribution in [3.8, 4) is 23.0 Å². The first-order valence-corrected chi connectivity index (χ1v) is 10.8. The van der Waals surface area contributed by atoms with Crippen LogP contribution in [0.25, 0.3) is 11.0 Å². The fraction of sp³-hybridized carbons (Fsp3) is 0.375. The largest absolute Gasteiger partial charge is 0.497 e. The number of hydrogen-bond donors (Lipinski definition) is 0. The van der Waals surface area contributed by atoms with Crippen molar-refractivity contribution >= 4 is 11.0 Å². The molecule has 1 atom stereocenters. The number of methoxy groups -OCH3 is 1. The van der Waals surface area contributed by atoms with Crippen molar-refractivity contribution in [3.63, 3.8) is 0 Å². The summed E-state index contributed by atoms with van der Waals surface area (Å²) >= 11 is 0. The fourth-order valence-corrected chi connectivity index (χ4v) is 4.23. The molecular weight excluding hydrogens is 455 g/mol. The van der Waals surface area contributed by atoms with Gasteiger partial charge in [-0.2, -0.15) is 13.2 Å². The van der Waals surface area contributed by atoms with Crippen LogP contribution in [0.3, 0.4) is 0 Å². The van der Waals surface area contributed by atoms with E-state index in [0.717, 1.165) is 12.8 Å². The van der Waals surface area contributed by atoms with Crippen LogP contribution in [0.5, 0.6) is 23.0 Å². The molecule has 0 bridgehead atoms. The molecule has 1 aromatic heterocycles. The van der Waals surface area contributed by atoms with E-state index in [2.05, 4.69) is 0 Å². The quantitative estimate of drug-likeness (QED) is 0.515. The van der Waals surface area contributed by atoms with Gasteiger partial charge in [0.25, 0.3) is 5.76 Å². The Morgan fingerprint density at radius 3 is 2.56 bits per heavy atom. The molecule has 2 aromatic carbocycles. The zero-order valence-electron chi connectivity index (χ0n) is 18.3. The summed E-state index contributed by atoms with van der Waals surface area (Å²) in [6, 6.07) is 8.82. The first-order chi connectivity index (χ1) is 16.3. The van der Waals surface area contributed by atoms with E-state index in [4.69, 9.17) is 23.4 Å². The Balaban J connectivity index is 1.56. The average Bonchev–Trinajstić information content (AvgIpc) is 3.33. The summed E-state index contributed by atoms with van der Waals surface area (Å²) in [6.45, 7) is 1.81. The Bertz CT molecular complexity index is 1250. The normalized spacial score (nSPS) is 18.5. The highest BCUT2D eigenvalue weighted by Crippen LogP contribution is 2.41. The van der Waals surface area contributed by atoms with E-state index in [1.165, 1.54) is 37.4 Å². The molecule has 0 aliphatic carbocycles. The standard InChI is InChI=1S/C24H22F3NO6/c1-30-14-4-6-15(7-5-14)33-22-20(29)17-8-9-19-18(21(17)34-23(22)24(25,26)27)12-28(13-32-19)11-16-3-2-10-31-16/h4-9,16H,2-3,10-13H2,1H3/t16-/m1/s1. The minimum atomic E-state index is -4.95. The van der Waals surface area contributed by atoms with Crippen LogP contribution in [-0.4, -0.2) is 38.0 Å². The average molecular weight is 477 g/mol. The Morgan fingerprint density at radius 2 is 1.88 bits per heavy atom. The maximum atomic E-state index is 14.0. The van der Waals surface area contributed by atoms with Gasteiger partial charge in [-0.15, -0.1) is 0 Å². The van der Waals surface area contributed by atoms with Crippen molar-refractivity contribution in [2.45, 2.75) is 31.7 Å². The third-order valence-electron chi connectivity index (χ3n) is 5.89. The smallest absolute Gasteiger partial charge is 0.453 e. The van der Waals surface area contributed by atoms with E-state index in [0.29, 0.717) is 30.2 Å². The lowest BCUT2D eigenvalue weighted by molar-refractivity contribution is -0.154. The molecule has 2 aliphatic heterocycles. The molecular formula is C24H22F3NO6. The minimum Gasteiger partial charge on any atom is -0.497 e. The Labute approximate surface area is 192 Å². The first-order valence-electron chi connectivity index (χ1n) is 10.8. The van der Waals surface area contributed by atoms with Crippen LogP contribution in [-0.2, 0) is 17.5 Å². The lowest BCUT2D eigenvalue weighted by Crippen LogP contribution is -2.37. The van der Waals surface area contributed by atoms with Crippen LogP contribution < -0.4 is 19.6 Å². The van der Waals surface area contributed by atoms with Gasteiger partial charge < -0.3 is 23.4 Å². The van der Waals surface area contributed by atoms with Crippen LogP contribution in [0, 0.1) is 0 Å². The number of ether oxygens (including phenoxy) is 4.